The van der Waals surface area contributed by atoms with E-state index in [4.69, 9.17) is 23.2 Å². The number of rotatable bonds is 6. The number of oxazole rings is 3. The van der Waals surface area contributed by atoms with Gasteiger partial charge in [0.05, 0.1) is 11.0 Å². The molecule has 0 aliphatic carbocycles. The van der Waals surface area contributed by atoms with Crippen molar-refractivity contribution in [3.05, 3.63) is 164 Å². The first kappa shape index (κ1) is 29.3. The van der Waals surface area contributed by atoms with Crippen LogP contribution in [0.4, 0.5) is 17.1 Å². The van der Waals surface area contributed by atoms with Crippen molar-refractivity contribution in [2.24, 2.45) is 0 Å². The zero-order valence-corrected chi connectivity index (χ0v) is 28.0. The highest BCUT2D eigenvalue weighted by molar-refractivity contribution is 6.09. The Balaban J connectivity index is 0.953. The second-order valence-corrected chi connectivity index (χ2v) is 12.9. The molecular formula is C45H27N5O3. The summed E-state index contributed by atoms with van der Waals surface area (Å²) in [4.78, 5) is 16.8. The van der Waals surface area contributed by atoms with Gasteiger partial charge in [-0.1, -0.05) is 66.7 Å². The largest absolute Gasteiger partial charge is 0.436 e. The lowest BCUT2D eigenvalue weighted by atomic mass is 10.1. The van der Waals surface area contributed by atoms with Gasteiger partial charge in [0.2, 0.25) is 11.8 Å². The molecule has 250 valence electrons. The molecule has 0 amide bonds. The fourth-order valence-corrected chi connectivity index (χ4v) is 7.22. The number of fused-ring (bicyclic) bond motifs is 6. The summed E-state index contributed by atoms with van der Waals surface area (Å²) < 4.78 is 20.8. The third kappa shape index (κ3) is 4.81. The van der Waals surface area contributed by atoms with Crippen LogP contribution in [-0.2, 0) is 0 Å². The van der Waals surface area contributed by atoms with Crippen LogP contribution in [0.15, 0.2) is 177 Å². The Labute approximate surface area is 301 Å². The molecule has 8 nitrogen and oxygen atoms in total. The van der Waals surface area contributed by atoms with Gasteiger partial charge in [0.1, 0.15) is 16.6 Å². The lowest BCUT2D eigenvalue weighted by molar-refractivity contribution is 0.574. The SMILES string of the molecule is c1ccc(N(c2ccc(-c3nc4ccccc4o3)cc2)c2ccc3oc(-c4ccc5oc(-n6c7ccccc7c7ccccc76)nc5c4)nc3c2)cc1. The summed E-state index contributed by atoms with van der Waals surface area (Å²) in [5.74, 6) is 1.10. The number of aromatic nitrogens is 4. The Morgan fingerprint density at radius 3 is 1.72 bits per heavy atom. The summed E-state index contributed by atoms with van der Waals surface area (Å²) >= 11 is 0. The van der Waals surface area contributed by atoms with Crippen LogP contribution in [0.3, 0.4) is 0 Å². The average molecular weight is 686 g/mol. The van der Waals surface area contributed by atoms with Crippen LogP contribution >= 0.6 is 0 Å². The molecule has 0 unspecified atom stereocenters. The molecule has 0 radical (unpaired) electrons. The van der Waals surface area contributed by atoms with Gasteiger partial charge in [0.25, 0.3) is 0 Å². The molecule has 11 aromatic rings. The Kier molecular flexibility index (Phi) is 6.38. The molecule has 0 aliphatic heterocycles. The van der Waals surface area contributed by atoms with Crippen LogP contribution in [0.25, 0.3) is 84.0 Å². The summed E-state index contributed by atoms with van der Waals surface area (Å²) in [5, 5.41) is 2.30. The van der Waals surface area contributed by atoms with Crippen LogP contribution < -0.4 is 4.90 Å². The van der Waals surface area contributed by atoms with E-state index in [1.54, 1.807) is 0 Å². The molecule has 0 aliphatic rings. The molecule has 11 rings (SSSR count). The van der Waals surface area contributed by atoms with Gasteiger partial charge >= 0.3 is 6.01 Å². The standard InChI is InChI=1S/C45H27N5O3/c1-2-10-30(11-3-1)49(31-21-18-28(19-22-31)43-46-35-14-6-9-17-40(35)51-43)32-23-25-41-37(27-32)47-44(52-41)29-20-24-42-36(26-29)48-45(53-42)50-38-15-7-4-12-33(38)34-13-5-8-16-39(34)50/h1-27H. The van der Waals surface area contributed by atoms with Gasteiger partial charge in [-0.05, 0) is 97.1 Å². The first-order valence-corrected chi connectivity index (χ1v) is 17.3. The second kappa shape index (κ2) is 11.5. The van der Waals surface area contributed by atoms with Gasteiger partial charge in [-0.2, -0.15) is 4.98 Å². The predicted octanol–water partition coefficient (Wildman–Crippen LogP) is 12.0. The monoisotopic (exact) mass is 685 g/mol. The van der Waals surface area contributed by atoms with Crippen molar-refractivity contribution in [1.82, 2.24) is 19.5 Å². The molecule has 0 atom stereocenters. The molecule has 7 aromatic carbocycles. The maximum atomic E-state index is 6.34. The van der Waals surface area contributed by atoms with E-state index in [1.807, 2.05) is 91.0 Å². The van der Waals surface area contributed by atoms with Crippen molar-refractivity contribution in [2.45, 2.75) is 0 Å². The molecule has 0 bridgehead atoms. The van der Waals surface area contributed by atoms with Crippen molar-refractivity contribution < 1.29 is 13.3 Å². The van der Waals surface area contributed by atoms with Gasteiger partial charge in [-0.3, -0.25) is 4.57 Å². The molecule has 0 saturated carbocycles. The van der Waals surface area contributed by atoms with Crippen LogP contribution in [0.2, 0.25) is 0 Å². The van der Waals surface area contributed by atoms with E-state index in [9.17, 15) is 0 Å². The molecule has 4 heterocycles. The zero-order chi connectivity index (χ0) is 34.9. The van der Waals surface area contributed by atoms with Crippen LogP contribution in [0, 0.1) is 0 Å². The minimum Gasteiger partial charge on any atom is -0.436 e. The highest BCUT2D eigenvalue weighted by Gasteiger charge is 2.19. The number of hydrogen-bond donors (Lipinski definition) is 0. The Morgan fingerprint density at radius 1 is 0.396 bits per heavy atom. The maximum absolute atomic E-state index is 6.34. The smallest absolute Gasteiger partial charge is 0.307 e. The van der Waals surface area contributed by atoms with E-state index < -0.39 is 0 Å². The Morgan fingerprint density at radius 2 is 0.943 bits per heavy atom. The molecule has 4 aromatic heterocycles. The number of benzene rings is 7. The normalized spacial score (nSPS) is 11.8. The van der Waals surface area contributed by atoms with E-state index in [0.29, 0.717) is 29.0 Å². The predicted molar refractivity (Wildman–Crippen MR) is 209 cm³/mol. The summed E-state index contributed by atoms with van der Waals surface area (Å²) in [6.07, 6.45) is 0. The lowest BCUT2D eigenvalue weighted by Gasteiger charge is -2.25. The third-order valence-electron chi connectivity index (χ3n) is 9.70. The van der Waals surface area contributed by atoms with Gasteiger partial charge in [-0.15, -0.1) is 0 Å². The van der Waals surface area contributed by atoms with Crippen molar-refractivity contribution in [2.75, 3.05) is 4.90 Å². The van der Waals surface area contributed by atoms with Crippen molar-refractivity contribution >= 4 is 72.2 Å². The fourth-order valence-electron chi connectivity index (χ4n) is 7.22. The molecule has 8 heteroatoms. The van der Waals surface area contributed by atoms with E-state index in [-0.39, 0.29) is 0 Å². The zero-order valence-electron chi connectivity index (χ0n) is 28.0. The number of para-hydroxylation sites is 5. The van der Waals surface area contributed by atoms with Crippen molar-refractivity contribution in [1.29, 1.82) is 0 Å². The van der Waals surface area contributed by atoms with Crippen molar-refractivity contribution in [3.63, 3.8) is 0 Å². The molecule has 0 saturated heterocycles. The summed E-state index contributed by atoms with van der Waals surface area (Å²) in [6, 6.07) is 55.4. The number of anilines is 3. The lowest BCUT2D eigenvalue weighted by Crippen LogP contribution is -2.09. The Hall–Kier alpha value is -7.45. The van der Waals surface area contributed by atoms with E-state index in [0.717, 1.165) is 72.1 Å². The summed E-state index contributed by atoms with van der Waals surface area (Å²) in [7, 11) is 0. The first-order valence-electron chi connectivity index (χ1n) is 17.3. The van der Waals surface area contributed by atoms with Crippen molar-refractivity contribution in [3.8, 4) is 28.9 Å². The topological polar surface area (TPSA) is 86.3 Å². The summed E-state index contributed by atoms with van der Waals surface area (Å²) in [5.41, 5.74) is 11.2. The van der Waals surface area contributed by atoms with Crippen LogP contribution in [-0.4, -0.2) is 19.5 Å². The van der Waals surface area contributed by atoms with E-state index in [1.165, 1.54) is 0 Å². The van der Waals surface area contributed by atoms with Gasteiger partial charge in [-0.25, -0.2) is 9.97 Å². The Bertz CT molecular complexity index is 3050. The van der Waals surface area contributed by atoms with Gasteiger partial charge in [0, 0.05) is 39.0 Å². The molecule has 53 heavy (non-hydrogen) atoms. The number of hydrogen-bond acceptors (Lipinski definition) is 7. The maximum Gasteiger partial charge on any atom is 0.307 e. The first-order chi connectivity index (χ1) is 26.2. The quantitative estimate of drug-likeness (QED) is 0.172. The average Bonchev–Trinajstić information content (AvgIpc) is 4.01. The molecule has 0 N–H and O–H groups in total. The number of nitrogens with zero attached hydrogens (tertiary/aromatic N) is 5. The minimum absolute atomic E-state index is 0.509. The molecular weight excluding hydrogens is 659 g/mol. The van der Waals surface area contributed by atoms with E-state index >= 15 is 0 Å². The van der Waals surface area contributed by atoms with Crippen LogP contribution in [0.1, 0.15) is 0 Å². The highest BCUT2D eigenvalue weighted by atomic mass is 16.4. The molecule has 0 fully saturated rings. The van der Waals surface area contributed by atoms with E-state index in [2.05, 4.69) is 87.2 Å². The molecule has 0 spiro atoms. The summed E-state index contributed by atoms with van der Waals surface area (Å²) in [6.45, 7) is 0. The minimum atomic E-state index is 0.509. The third-order valence-corrected chi connectivity index (χ3v) is 9.70. The van der Waals surface area contributed by atoms with Gasteiger partial charge in [0.15, 0.2) is 16.7 Å². The fraction of sp³-hybridized carbons (Fsp3) is 0. The highest BCUT2D eigenvalue weighted by Crippen LogP contribution is 2.39. The van der Waals surface area contributed by atoms with Crippen LogP contribution in [0.5, 0.6) is 0 Å². The van der Waals surface area contributed by atoms with Gasteiger partial charge < -0.3 is 18.2 Å². The second-order valence-electron chi connectivity index (χ2n) is 12.9.